The third-order valence-electron chi connectivity index (χ3n) is 3.93. The van der Waals surface area contributed by atoms with Crippen LogP contribution in [0.2, 0.25) is 0 Å². The molecule has 1 aliphatic heterocycles. The van der Waals surface area contributed by atoms with Crippen LogP contribution in [-0.2, 0) is 27.4 Å². The molecule has 138 valence electrons. The molecule has 2 heterocycles. The zero-order valence-electron chi connectivity index (χ0n) is 14.9. The van der Waals surface area contributed by atoms with Crippen LogP contribution in [0.15, 0.2) is 0 Å². The molecule has 0 bridgehead atoms. The van der Waals surface area contributed by atoms with E-state index < -0.39 is 23.4 Å². The van der Waals surface area contributed by atoms with Crippen LogP contribution in [-0.4, -0.2) is 29.9 Å². The number of carboxylic acids is 1. The molecule has 0 spiro atoms. The zero-order chi connectivity index (χ0) is 18.8. The van der Waals surface area contributed by atoms with Crippen molar-refractivity contribution in [1.29, 1.82) is 0 Å². The summed E-state index contributed by atoms with van der Waals surface area (Å²) in [6.45, 7) is 8.42. The van der Waals surface area contributed by atoms with E-state index in [1.807, 2.05) is 27.7 Å². The van der Waals surface area contributed by atoms with Crippen LogP contribution in [0.25, 0.3) is 0 Å². The van der Waals surface area contributed by atoms with Gasteiger partial charge in [-0.05, 0) is 31.7 Å². The number of carboxylic acid groups (broad SMARTS) is 1. The molecular formula is C17H23N2O5S-. The van der Waals surface area contributed by atoms with Gasteiger partial charge in [-0.1, -0.05) is 13.8 Å². The highest BCUT2D eigenvalue weighted by atomic mass is 32.1. The lowest BCUT2D eigenvalue weighted by Crippen LogP contribution is -2.37. The predicted molar refractivity (Wildman–Crippen MR) is 92.3 cm³/mol. The SMILES string of the molecule is CC(C)CCNC(=O)C(=O)Nc1sc2c(c1C(=O)[O-])CC(C)(C)OC2. The minimum absolute atomic E-state index is 0.0558. The van der Waals surface area contributed by atoms with Crippen molar-refractivity contribution < 1.29 is 24.2 Å². The first-order chi connectivity index (χ1) is 11.6. The average molecular weight is 367 g/mol. The lowest BCUT2D eigenvalue weighted by Gasteiger charge is -2.30. The van der Waals surface area contributed by atoms with Gasteiger partial charge in [0.25, 0.3) is 0 Å². The number of carbonyl (C=O) groups excluding carboxylic acids is 3. The third-order valence-corrected chi connectivity index (χ3v) is 5.05. The predicted octanol–water partition coefficient (Wildman–Crippen LogP) is 1.06. The first kappa shape index (κ1) is 19.4. The number of aromatic carboxylic acids is 1. The molecule has 7 nitrogen and oxygen atoms in total. The summed E-state index contributed by atoms with van der Waals surface area (Å²) in [4.78, 5) is 36.2. The van der Waals surface area contributed by atoms with Crippen LogP contribution in [0.1, 0.15) is 54.9 Å². The molecule has 1 aliphatic rings. The van der Waals surface area contributed by atoms with Crippen molar-refractivity contribution in [3.63, 3.8) is 0 Å². The summed E-state index contributed by atoms with van der Waals surface area (Å²) in [5.41, 5.74) is 0.0600. The molecule has 0 fully saturated rings. The number of thiophene rings is 1. The third kappa shape index (κ3) is 4.79. The van der Waals surface area contributed by atoms with Gasteiger partial charge in [-0.2, -0.15) is 0 Å². The Morgan fingerprint density at radius 3 is 2.56 bits per heavy atom. The van der Waals surface area contributed by atoms with E-state index in [9.17, 15) is 19.5 Å². The van der Waals surface area contributed by atoms with E-state index >= 15 is 0 Å². The molecule has 0 saturated heterocycles. The second-order valence-corrected chi connectivity index (χ2v) is 8.22. The summed E-state index contributed by atoms with van der Waals surface area (Å²) < 4.78 is 5.67. The molecule has 1 aromatic rings. The summed E-state index contributed by atoms with van der Waals surface area (Å²) in [6.07, 6.45) is 1.15. The lowest BCUT2D eigenvalue weighted by molar-refractivity contribution is -0.255. The lowest BCUT2D eigenvalue weighted by atomic mass is 9.93. The van der Waals surface area contributed by atoms with Crippen LogP contribution in [0.3, 0.4) is 0 Å². The number of amides is 2. The smallest absolute Gasteiger partial charge is 0.314 e. The maximum atomic E-state index is 12.0. The molecule has 2 N–H and O–H groups in total. The molecule has 0 aliphatic carbocycles. The molecule has 25 heavy (non-hydrogen) atoms. The largest absolute Gasteiger partial charge is 0.545 e. The zero-order valence-corrected chi connectivity index (χ0v) is 15.7. The Hall–Kier alpha value is -1.93. The minimum Gasteiger partial charge on any atom is -0.545 e. The van der Waals surface area contributed by atoms with Gasteiger partial charge in [0.2, 0.25) is 0 Å². The van der Waals surface area contributed by atoms with E-state index in [-0.39, 0.29) is 17.2 Å². The molecule has 0 saturated carbocycles. The Bertz CT molecular complexity index is 693. The number of fused-ring (bicyclic) bond motifs is 1. The highest BCUT2D eigenvalue weighted by Gasteiger charge is 2.32. The number of hydrogen-bond donors (Lipinski definition) is 2. The van der Waals surface area contributed by atoms with Gasteiger partial charge in [-0.15, -0.1) is 11.3 Å². The number of rotatable bonds is 5. The van der Waals surface area contributed by atoms with Crippen LogP contribution >= 0.6 is 11.3 Å². The van der Waals surface area contributed by atoms with Crippen molar-refractivity contribution in [1.82, 2.24) is 5.32 Å². The summed E-state index contributed by atoms with van der Waals surface area (Å²) in [5.74, 6) is -2.64. The molecule has 0 aromatic carbocycles. The first-order valence-electron chi connectivity index (χ1n) is 8.19. The summed E-state index contributed by atoms with van der Waals surface area (Å²) in [5, 5.41) is 16.6. The molecule has 8 heteroatoms. The van der Waals surface area contributed by atoms with Gasteiger partial charge in [0.1, 0.15) is 5.00 Å². The van der Waals surface area contributed by atoms with E-state index in [0.717, 1.165) is 22.6 Å². The van der Waals surface area contributed by atoms with Crippen molar-refractivity contribution >= 4 is 34.1 Å². The highest BCUT2D eigenvalue weighted by molar-refractivity contribution is 7.17. The van der Waals surface area contributed by atoms with Crippen LogP contribution in [0.5, 0.6) is 0 Å². The Morgan fingerprint density at radius 1 is 1.28 bits per heavy atom. The molecule has 0 radical (unpaired) electrons. The van der Waals surface area contributed by atoms with Crippen molar-refractivity contribution in [3.8, 4) is 0 Å². The summed E-state index contributed by atoms with van der Waals surface area (Å²) in [7, 11) is 0. The number of carbonyl (C=O) groups is 3. The number of anilines is 1. The van der Waals surface area contributed by atoms with Crippen LogP contribution in [0, 0.1) is 5.92 Å². The van der Waals surface area contributed by atoms with Crippen LogP contribution < -0.4 is 15.7 Å². The van der Waals surface area contributed by atoms with Crippen molar-refractivity contribution in [2.45, 2.75) is 52.7 Å². The Labute approximate surface area is 150 Å². The monoisotopic (exact) mass is 367 g/mol. The second kappa shape index (κ2) is 7.53. The fourth-order valence-corrected chi connectivity index (χ4v) is 3.69. The van der Waals surface area contributed by atoms with E-state index in [4.69, 9.17) is 4.74 Å². The summed E-state index contributed by atoms with van der Waals surface area (Å²) >= 11 is 1.11. The normalized spacial score (nSPS) is 15.6. The maximum absolute atomic E-state index is 12.0. The Balaban J connectivity index is 2.14. The van der Waals surface area contributed by atoms with E-state index in [0.29, 0.717) is 24.4 Å². The maximum Gasteiger partial charge on any atom is 0.314 e. The molecule has 0 unspecified atom stereocenters. The molecular weight excluding hydrogens is 344 g/mol. The topological polar surface area (TPSA) is 108 Å². The average Bonchev–Trinajstić information content (AvgIpc) is 2.82. The fourth-order valence-electron chi connectivity index (χ4n) is 2.57. The van der Waals surface area contributed by atoms with Crippen molar-refractivity contribution in [2.75, 3.05) is 11.9 Å². The highest BCUT2D eigenvalue weighted by Crippen LogP contribution is 2.40. The standard InChI is InChI=1S/C17H24N2O5S/c1-9(2)5-6-18-13(20)14(21)19-15-12(16(22)23)10-7-17(3,4)24-8-11(10)25-15/h9H,5-8H2,1-4H3,(H,18,20)(H,19,21)(H,22,23)/p-1. The van der Waals surface area contributed by atoms with Gasteiger partial charge in [-0.25, -0.2) is 0 Å². The van der Waals surface area contributed by atoms with E-state index in [1.165, 1.54) is 0 Å². The van der Waals surface area contributed by atoms with Crippen molar-refractivity contribution in [3.05, 3.63) is 16.0 Å². The molecule has 0 atom stereocenters. The van der Waals surface area contributed by atoms with Crippen molar-refractivity contribution in [2.24, 2.45) is 5.92 Å². The molecule has 1 aromatic heterocycles. The second-order valence-electron chi connectivity index (χ2n) is 7.11. The van der Waals surface area contributed by atoms with Crippen LogP contribution in [0.4, 0.5) is 5.00 Å². The quantitative estimate of drug-likeness (QED) is 0.757. The number of hydrogen-bond acceptors (Lipinski definition) is 6. The number of ether oxygens (including phenoxy) is 1. The minimum atomic E-state index is -1.37. The summed E-state index contributed by atoms with van der Waals surface area (Å²) in [6, 6.07) is 0. The van der Waals surface area contributed by atoms with Gasteiger partial charge in [-0.3, -0.25) is 9.59 Å². The van der Waals surface area contributed by atoms with Gasteiger partial charge in [0.05, 0.1) is 18.2 Å². The Morgan fingerprint density at radius 2 is 1.96 bits per heavy atom. The molecule has 2 rings (SSSR count). The fraction of sp³-hybridized carbons (Fsp3) is 0.588. The van der Waals surface area contributed by atoms with Gasteiger partial charge < -0.3 is 25.3 Å². The first-order valence-corrected chi connectivity index (χ1v) is 9.01. The van der Waals surface area contributed by atoms with Gasteiger partial charge in [0, 0.05) is 23.4 Å². The van der Waals surface area contributed by atoms with Gasteiger partial charge >= 0.3 is 11.8 Å². The van der Waals surface area contributed by atoms with E-state index in [2.05, 4.69) is 10.6 Å². The molecule has 2 amide bonds. The van der Waals surface area contributed by atoms with E-state index in [1.54, 1.807) is 0 Å². The Kier molecular flexibility index (Phi) is 5.84. The number of nitrogens with one attached hydrogen (secondary N) is 2. The van der Waals surface area contributed by atoms with Gasteiger partial charge in [0.15, 0.2) is 0 Å².